The highest BCUT2D eigenvalue weighted by atomic mass is 32.2. The van der Waals surface area contributed by atoms with Crippen LogP contribution in [0.4, 0.5) is 5.95 Å². The summed E-state index contributed by atoms with van der Waals surface area (Å²) in [6, 6.07) is 10.6. The Labute approximate surface area is 195 Å². The third kappa shape index (κ3) is 6.07. The average molecular weight is 467 g/mol. The molecule has 4 rings (SSSR count). The van der Waals surface area contributed by atoms with Gasteiger partial charge in [0.2, 0.25) is 11.8 Å². The van der Waals surface area contributed by atoms with E-state index in [1.807, 2.05) is 24.5 Å². The molecular weight excluding hydrogens is 436 g/mol. The lowest BCUT2D eigenvalue weighted by Crippen LogP contribution is -2.35. The molecule has 0 bridgehead atoms. The largest absolute Gasteiger partial charge is 0.478 e. The number of anilines is 1. The van der Waals surface area contributed by atoms with Gasteiger partial charge in [-0.25, -0.2) is 23.4 Å². The van der Waals surface area contributed by atoms with Crippen molar-refractivity contribution < 1.29 is 13.2 Å². The summed E-state index contributed by atoms with van der Waals surface area (Å²) in [4.78, 5) is 16.0. The van der Waals surface area contributed by atoms with Gasteiger partial charge in [-0.3, -0.25) is 0 Å². The molecule has 0 N–H and O–H groups in total. The van der Waals surface area contributed by atoms with Crippen LogP contribution >= 0.6 is 0 Å². The number of ether oxygens (including phenoxy) is 1. The average Bonchev–Trinajstić information content (AvgIpc) is 2.85. The third-order valence-electron chi connectivity index (χ3n) is 6.13. The van der Waals surface area contributed by atoms with Gasteiger partial charge in [0.05, 0.1) is 11.5 Å². The van der Waals surface area contributed by atoms with Crippen molar-refractivity contribution in [2.45, 2.75) is 37.5 Å². The lowest BCUT2D eigenvalue weighted by Gasteiger charge is -2.31. The molecule has 3 aromatic rings. The van der Waals surface area contributed by atoms with Crippen molar-refractivity contribution in [2.24, 2.45) is 5.92 Å². The topological polar surface area (TPSA) is 85.3 Å². The van der Waals surface area contributed by atoms with E-state index in [2.05, 4.69) is 26.8 Å². The zero-order valence-corrected chi connectivity index (χ0v) is 20.0. The summed E-state index contributed by atoms with van der Waals surface area (Å²) in [6.45, 7) is 4.70. The van der Waals surface area contributed by atoms with E-state index < -0.39 is 9.84 Å². The van der Waals surface area contributed by atoms with Gasteiger partial charge >= 0.3 is 0 Å². The van der Waals surface area contributed by atoms with Crippen molar-refractivity contribution in [1.29, 1.82) is 0 Å². The first-order valence-corrected chi connectivity index (χ1v) is 13.3. The smallest absolute Gasteiger partial charge is 0.225 e. The van der Waals surface area contributed by atoms with E-state index in [9.17, 15) is 8.42 Å². The molecule has 1 aliphatic heterocycles. The van der Waals surface area contributed by atoms with Gasteiger partial charge in [-0.05, 0) is 60.9 Å². The number of hydrogen-bond acceptors (Lipinski definition) is 7. The zero-order valence-electron chi connectivity index (χ0n) is 19.1. The highest BCUT2D eigenvalue weighted by Crippen LogP contribution is 2.25. The maximum Gasteiger partial charge on any atom is 0.225 e. The fourth-order valence-corrected chi connectivity index (χ4v) is 4.61. The first kappa shape index (κ1) is 23.2. The zero-order chi connectivity index (χ0) is 23.3. The van der Waals surface area contributed by atoms with Gasteiger partial charge in [0, 0.05) is 49.6 Å². The van der Waals surface area contributed by atoms with Crippen molar-refractivity contribution in [3.05, 3.63) is 60.6 Å². The molecule has 1 saturated heterocycles. The SMILES string of the molecule is CCc1cnc(N2CCC(CCOc3ccc(-c4ccc(S(C)(=O)=O)cc4)cn3)CC2)nc1. The molecule has 1 fully saturated rings. The molecule has 0 atom stereocenters. The predicted octanol–water partition coefficient (Wildman–Crippen LogP) is 4.19. The van der Waals surface area contributed by atoms with Crippen LogP contribution < -0.4 is 9.64 Å². The third-order valence-corrected chi connectivity index (χ3v) is 7.25. The summed E-state index contributed by atoms with van der Waals surface area (Å²) in [6.07, 6.45) is 11.0. The standard InChI is InChI=1S/C25H30N4O3S/c1-3-19-16-27-25(28-17-19)29-13-10-20(11-14-29)12-15-32-24-9-6-22(18-26-24)21-4-7-23(8-5-21)33(2,30)31/h4-9,16-18,20H,3,10-15H2,1-2H3. The number of pyridine rings is 1. The number of hydrogen-bond donors (Lipinski definition) is 0. The minimum absolute atomic E-state index is 0.312. The first-order valence-electron chi connectivity index (χ1n) is 11.4. The lowest BCUT2D eigenvalue weighted by molar-refractivity contribution is 0.251. The fraction of sp³-hybridized carbons (Fsp3) is 0.400. The Hall–Kier alpha value is -3.00. The molecule has 0 amide bonds. The minimum atomic E-state index is -3.19. The van der Waals surface area contributed by atoms with Crippen LogP contribution in [0.3, 0.4) is 0 Å². The molecule has 0 aliphatic carbocycles. The van der Waals surface area contributed by atoms with Gasteiger partial charge in [0.1, 0.15) is 0 Å². The Bertz CT molecular complexity index is 1140. The summed E-state index contributed by atoms with van der Waals surface area (Å²) in [5.41, 5.74) is 3.00. The number of aryl methyl sites for hydroxylation is 1. The van der Waals surface area contributed by atoms with E-state index in [1.54, 1.807) is 30.5 Å². The summed E-state index contributed by atoms with van der Waals surface area (Å²) in [5.74, 6) is 2.06. The Balaban J connectivity index is 1.22. The van der Waals surface area contributed by atoms with Crippen molar-refractivity contribution in [3.8, 4) is 17.0 Å². The highest BCUT2D eigenvalue weighted by molar-refractivity contribution is 7.90. The molecule has 33 heavy (non-hydrogen) atoms. The number of nitrogens with zero attached hydrogens (tertiary/aromatic N) is 4. The number of sulfone groups is 1. The minimum Gasteiger partial charge on any atom is -0.478 e. The fourth-order valence-electron chi connectivity index (χ4n) is 3.98. The van der Waals surface area contributed by atoms with Crippen LogP contribution in [0.5, 0.6) is 5.88 Å². The summed E-state index contributed by atoms with van der Waals surface area (Å²) < 4.78 is 29.1. The molecule has 0 unspecified atom stereocenters. The molecule has 0 radical (unpaired) electrons. The molecule has 7 nitrogen and oxygen atoms in total. The van der Waals surface area contributed by atoms with E-state index >= 15 is 0 Å². The van der Waals surface area contributed by atoms with Crippen LogP contribution in [-0.4, -0.2) is 49.3 Å². The molecule has 1 aromatic carbocycles. The highest BCUT2D eigenvalue weighted by Gasteiger charge is 2.21. The summed E-state index contributed by atoms with van der Waals surface area (Å²) >= 11 is 0. The second kappa shape index (κ2) is 10.3. The Morgan fingerprint density at radius 2 is 1.61 bits per heavy atom. The van der Waals surface area contributed by atoms with Gasteiger partial charge < -0.3 is 9.64 Å². The van der Waals surface area contributed by atoms with Crippen LogP contribution in [0.2, 0.25) is 0 Å². The van der Waals surface area contributed by atoms with Crippen LogP contribution in [0, 0.1) is 5.92 Å². The summed E-state index contributed by atoms with van der Waals surface area (Å²) in [7, 11) is -3.19. The molecule has 0 spiro atoms. The molecular formula is C25H30N4O3S. The van der Waals surface area contributed by atoms with E-state index in [-0.39, 0.29) is 0 Å². The Morgan fingerprint density at radius 1 is 0.939 bits per heavy atom. The van der Waals surface area contributed by atoms with Crippen molar-refractivity contribution in [2.75, 3.05) is 30.9 Å². The second-order valence-corrected chi connectivity index (χ2v) is 10.5. The van der Waals surface area contributed by atoms with E-state index in [0.29, 0.717) is 23.3 Å². The molecule has 0 saturated carbocycles. The monoisotopic (exact) mass is 466 g/mol. The van der Waals surface area contributed by atoms with Gasteiger partial charge in [-0.2, -0.15) is 0 Å². The number of benzene rings is 1. The lowest BCUT2D eigenvalue weighted by atomic mass is 9.94. The van der Waals surface area contributed by atoms with E-state index in [0.717, 1.165) is 61.4 Å². The predicted molar refractivity (Wildman–Crippen MR) is 129 cm³/mol. The van der Waals surface area contributed by atoms with Crippen molar-refractivity contribution in [3.63, 3.8) is 0 Å². The first-order chi connectivity index (χ1) is 15.9. The van der Waals surface area contributed by atoms with Gasteiger partial charge in [0.15, 0.2) is 9.84 Å². The Morgan fingerprint density at radius 3 is 2.18 bits per heavy atom. The maximum absolute atomic E-state index is 11.6. The quantitative estimate of drug-likeness (QED) is 0.492. The van der Waals surface area contributed by atoms with Crippen molar-refractivity contribution >= 4 is 15.8 Å². The normalized spacial score (nSPS) is 14.9. The van der Waals surface area contributed by atoms with E-state index in [1.165, 1.54) is 6.26 Å². The molecule has 2 aromatic heterocycles. The molecule has 1 aliphatic rings. The van der Waals surface area contributed by atoms with Crippen molar-refractivity contribution in [1.82, 2.24) is 15.0 Å². The summed E-state index contributed by atoms with van der Waals surface area (Å²) in [5, 5.41) is 0. The molecule has 8 heteroatoms. The van der Waals surface area contributed by atoms with E-state index in [4.69, 9.17) is 4.74 Å². The van der Waals surface area contributed by atoms with Gasteiger partial charge in [0.25, 0.3) is 0 Å². The number of aromatic nitrogens is 3. The van der Waals surface area contributed by atoms with Gasteiger partial charge in [-0.1, -0.05) is 19.1 Å². The van der Waals surface area contributed by atoms with Crippen LogP contribution in [0.25, 0.3) is 11.1 Å². The maximum atomic E-state index is 11.6. The number of piperidine rings is 1. The second-order valence-electron chi connectivity index (χ2n) is 8.49. The Kier molecular flexibility index (Phi) is 7.23. The van der Waals surface area contributed by atoms with Crippen LogP contribution in [-0.2, 0) is 16.3 Å². The molecule has 3 heterocycles. The molecule has 174 valence electrons. The number of rotatable bonds is 8. The van der Waals surface area contributed by atoms with Crippen LogP contribution in [0.15, 0.2) is 59.9 Å². The van der Waals surface area contributed by atoms with Crippen LogP contribution in [0.1, 0.15) is 31.7 Å². The van der Waals surface area contributed by atoms with Gasteiger partial charge in [-0.15, -0.1) is 0 Å².